The monoisotopic (exact) mass is 789 g/mol. The van der Waals surface area contributed by atoms with E-state index in [4.69, 9.17) is 14.2 Å². The van der Waals surface area contributed by atoms with Gasteiger partial charge in [-0.2, -0.15) is 4.58 Å². The molecule has 0 fully saturated rings. The summed E-state index contributed by atoms with van der Waals surface area (Å²) in [6, 6.07) is 18.1. The number of hydrogen-bond acceptors (Lipinski definition) is 5. The smallest absolute Gasteiger partial charge is 0.210 e. The summed E-state index contributed by atoms with van der Waals surface area (Å²) in [7, 11) is 7.43. The molecule has 1 unspecified atom stereocenters. The van der Waals surface area contributed by atoms with Crippen LogP contribution in [0.25, 0.3) is 0 Å². The molecule has 1 aromatic heterocycles. The van der Waals surface area contributed by atoms with E-state index in [1.165, 1.54) is 61.1 Å². The number of anilines is 1. The molecule has 7 heteroatoms. The number of rotatable bonds is 15. The molecule has 3 aliphatic rings. The van der Waals surface area contributed by atoms with Crippen LogP contribution >= 0.6 is 11.8 Å². The molecule has 0 radical (unpaired) electrons. The maximum absolute atomic E-state index is 5.71. The van der Waals surface area contributed by atoms with E-state index in [9.17, 15) is 0 Å². The predicted octanol–water partition coefficient (Wildman–Crippen LogP) is 11.0. The number of aromatic nitrogens is 1. The van der Waals surface area contributed by atoms with E-state index in [2.05, 4.69) is 173 Å². The lowest BCUT2D eigenvalue weighted by Gasteiger charge is -2.31. The largest absolute Gasteiger partial charge is 0.497 e. The van der Waals surface area contributed by atoms with Crippen LogP contribution in [0, 0.1) is 12.3 Å². The van der Waals surface area contributed by atoms with E-state index in [0.29, 0.717) is 0 Å². The van der Waals surface area contributed by atoms with Gasteiger partial charge in [-0.05, 0) is 92.0 Å². The Kier molecular flexibility index (Phi) is 13.1. The zero-order valence-electron chi connectivity index (χ0n) is 36.8. The van der Waals surface area contributed by atoms with Crippen LogP contribution in [-0.2, 0) is 27.4 Å². The first-order valence-corrected chi connectivity index (χ1v) is 21.6. The molecule has 6 rings (SSSR count). The van der Waals surface area contributed by atoms with Crippen LogP contribution in [0.3, 0.4) is 0 Å². The zero-order chi connectivity index (χ0) is 41.1. The Balaban J connectivity index is 1.47. The van der Waals surface area contributed by atoms with Crippen LogP contribution in [-0.4, -0.2) is 57.9 Å². The summed E-state index contributed by atoms with van der Waals surface area (Å²) in [6.07, 6.45) is 18.1. The third-order valence-corrected chi connectivity index (χ3v) is 14.0. The Labute approximate surface area is 348 Å². The molecule has 6 nitrogen and oxygen atoms in total. The number of thioether (sulfide) groups is 1. The third-order valence-electron chi connectivity index (χ3n) is 12.1. The van der Waals surface area contributed by atoms with Gasteiger partial charge in [-0.15, -0.1) is 11.8 Å². The number of fused-ring (bicyclic) bond motifs is 2. The van der Waals surface area contributed by atoms with E-state index in [1.54, 1.807) is 21.3 Å². The van der Waals surface area contributed by atoms with Crippen molar-refractivity contribution in [3.8, 4) is 5.75 Å². The number of allylic oxidation sites excluding steroid dienone is 7. The zero-order valence-corrected chi connectivity index (χ0v) is 37.6. The molecule has 0 spiro atoms. The summed E-state index contributed by atoms with van der Waals surface area (Å²) >= 11 is 2.05. The molecule has 0 N–H and O–H groups in total. The number of nitrogens with zero attached hydrogens (tertiary/aromatic N) is 3. The van der Waals surface area contributed by atoms with Crippen LogP contribution in [0.5, 0.6) is 5.75 Å². The van der Waals surface area contributed by atoms with E-state index in [-0.39, 0.29) is 21.5 Å². The van der Waals surface area contributed by atoms with Crippen LogP contribution in [0.15, 0.2) is 107 Å². The third kappa shape index (κ3) is 8.91. The van der Waals surface area contributed by atoms with Gasteiger partial charge in [0.15, 0.2) is 24.7 Å². The quantitative estimate of drug-likeness (QED) is 0.113. The molecular formula is C50H67N3O3S+2. The molecule has 3 heterocycles. The topological polar surface area (TPSA) is 37.8 Å². The van der Waals surface area contributed by atoms with E-state index in [1.807, 2.05) is 0 Å². The minimum Gasteiger partial charge on any atom is -0.497 e. The standard InChI is InChI=1S/C50H67N3O3S/c1-35-15-21-42-40(33-35)49(5,6)44(52(42)27-13-31-54-10)23-18-36-16-17-37(46(36)57-47(48(2,3)4)38-25-29-51(9)30-26-38)19-24-45-50(7,8)41-34-39(56-12)20-22-43(41)53(45)28-14-32-55-11/h15,18-26,29-30,33-34,47H,13-14,16-17,27-28,31-32H2,1-12H3/q+2. The van der Waals surface area contributed by atoms with E-state index >= 15 is 0 Å². The first kappa shape index (κ1) is 42.7. The lowest BCUT2D eigenvalue weighted by Crippen LogP contribution is -2.28. The van der Waals surface area contributed by atoms with Crippen molar-refractivity contribution in [1.29, 1.82) is 0 Å². The first-order chi connectivity index (χ1) is 27.1. The lowest BCUT2D eigenvalue weighted by atomic mass is 9.81. The number of methoxy groups -OCH3 is 3. The summed E-state index contributed by atoms with van der Waals surface area (Å²) in [5.74, 6) is 0.897. The summed E-state index contributed by atoms with van der Waals surface area (Å²) in [4.78, 5) is 3.95. The molecule has 1 atom stereocenters. The molecule has 2 aliphatic heterocycles. The average Bonchev–Trinajstić information content (AvgIpc) is 3.72. The summed E-state index contributed by atoms with van der Waals surface area (Å²) in [6.45, 7) is 22.1. The average molecular weight is 790 g/mol. The predicted molar refractivity (Wildman–Crippen MR) is 239 cm³/mol. The van der Waals surface area contributed by atoms with Gasteiger partial charge in [0.2, 0.25) is 5.69 Å². The normalized spacial score (nSPS) is 19.4. The second kappa shape index (κ2) is 17.5. The van der Waals surface area contributed by atoms with Crippen LogP contribution in [0.4, 0.5) is 11.4 Å². The number of ether oxygens (including phenoxy) is 3. The van der Waals surface area contributed by atoms with Crippen molar-refractivity contribution in [2.75, 3.05) is 52.5 Å². The SMILES string of the molecule is COCCCN1/C(=C/C=C2\CCC(/C=C/C3=[N+](CCCOC)c4ccc(OC)cc4C3(C)C)=C2SC(c2cc[n+](C)cc2)C(C)(C)C)C(C)(C)c2cc(C)ccc21. The fourth-order valence-corrected chi connectivity index (χ4v) is 10.4. The Bertz CT molecular complexity index is 2100. The molecule has 2 aromatic carbocycles. The van der Waals surface area contributed by atoms with Gasteiger partial charge >= 0.3 is 0 Å². The van der Waals surface area contributed by atoms with Crippen molar-refractivity contribution >= 4 is 28.8 Å². The maximum Gasteiger partial charge on any atom is 0.210 e. The molecule has 304 valence electrons. The second-order valence-corrected chi connectivity index (χ2v) is 19.2. The van der Waals surface area contributed by atoms with Gasteiger partial charge in [-0.25, -0.2) is 4.57 Å². The first-order valence-electron chi connectivity index (χ1n) is 20.8. The number of aryl methyl sites for hydroxylation is 2. The van der Waals surface area contributed by atoms with Gasteiger partial charge in [-0.1, -0.05) is 64.5 Å². The molecule has 0 bridgehead atoms. The summed E-state index contributed by atoms with van der Waals surface area (Å²) in [5, 5.41) is 0.268. The highest BCUT2D eigenvalue weighted by Crippen LogP contribution is 2.53. The van der Waals surface area contributed by atoms with Gasteiger partial charge in [0.05, 0.1) is 19.1 Å². The number of hydrogen-bond donors (Lipinski definition) is 0. The molecular weight excluding hydrogens is 723 g/mol. The Hall–Kier alpha value is -3.91. The molecule has 3 aromatic rings. The Morgan fingerprint density at radius 1 is 0.842 bits per heavy atom. The maximum atomic E-state index is 5.71. The van der Waals surface area contributed by atoms with Crippen LogP contribution in [0.1, 0.15) is 102 Å². The highest BCUT2D eigenvalue weighted by atomic mass is 32.2. The van der Waals surface area contributed by atoms with Gasteiger partial charge < -0.3 is 19.1 Å². The number of pyridine rings is 1. The summed E-state index contributed by atoms with van der Waals surface area (Å²) < 4.78 is 21.4. The van der Waals surface area contributed by atoms with Crippen molar-refractivity contribution in [3.63, 3.8) is 0 Å². The molecule has 1 aliphatic carbocycles. The van der Waals surface area contributed by atoms with Crippen molar-refractivity contribution < 1.29 is 23.4 Å². The van der Waals surface area contributed by atoms with E-state index < -0.39 is 0 Å². The minimum absolute atomic E-state index is 0.0325. The second-order valence-electron chi connectivity index (χ2n) is 18.1. The minimum atomic E-state index is -0.190. The van der Waals surface area contributed by atoms with Crippen molar-refractivity contribution in [3.05, 3.63) is 129 Å². The highest BCUT2D eigenvalue weighted by molar-refractivity contribution is 8.03. The molecule has 0 saturated heterocycles. The van der Waals surface area contributed by atoms with Crippen LogP contribution < -0.4 is 14.2 Å². The van der Waals surface area contributed by atoms with Gasteiger partial charge in [0.25, 0.3) is 0 Å². The van der Waals surface area contributed by atoms with Crippen molar-refractivity contribution in [2.45, 2.75) is 97.2 Å². The fraction of sp³-hybridized carbons (Fsp3) is 0.480. The van der Waals surface area contributed by atoms with Gasteiger partial charge in [-0.3, -0.25) is 0 Å². The van der Waals surface area contributed by atoms with Gasteiger partial charge in [0.1, 0.15) is 12.8 Å². The van der Waals surface area contributed by atoms with E-state index in [0.717, 1.165) is 57.7 Å². The van der Waals surface area contributed by atoms with Gasteiger partial charge in [0, 0.05) is 90.6 Å². The summed E-state index contributed by atoms with van der Waals surface area (Å²) in [5.41, 5.74) is 13.2. The molecule has 0 saturated carbocycles. The van der Waals surface area contributed by atoms with Crippen LogP contribution in [0.2, 0.25) is 0 Å². The Morgan fingerprint density at radius 2 is 1.56 bits per heavy atom. The van der Waals surface area contributed by atoms with Crippen molar-refractivity contribution in [2.24, 2.45) is 12.5 Å². The number of benzene rings is 2. The molecule has 0 amide bonds. The highest BCUT2D eigenvalue weighted by Gasteiger charge is 2.45. The fourth-order valence-electron chi connectivity index (χ4n) is 8.87. The molecule has 57 heavy (non-hydrogen) atoms. The van der Waals surface area contributed by atoms with Crippen molar-refractivity contribution in [1.82, 2.24) is 0 Å². The lowest BCUT2D eigenvalue weighted by molar-refractivity contribution is -0.671. The Morgan fingerprint density at radius 3 is 2.25 bits per heavy atom.